The van der Waals surface area contributed by atoms with Crippen molar-refractivity contribution in [2.24, 2.45) is 0 Å². The molecule has 86 valence electrons. The molecule has 0 aromatic carbocycles. The van der Waals surface area contributed by atoms with Crippen molar-refractivity contribution in [3.05, 3.63) is 43.9 Å². The van der Waals surface area contributed by atoms with Gasteiger partial charge in [-0.2, -0.15) is 0 Å². The van der Waals surface area contributed by atoms with Crippen LogP contribution in [0.2, 0.25) is 0 Å². The van der Waals surface area contributed by atoms with Gasteiger partial charge in [-0.05, 0) is 54.5 Å². The van der Waals surface area contributed by atoms with E-state index in [-0.39, 0.29) is 6.04 Å². The first-order valence-corrected chi connectivity index (χ1v) is 6.71. The van der Waals surface area contributed by atoms with E-state index >= 15 is 0 Å². The number of rotatable bonds is 3. The third-order valence-corrected chi connectivity index (χ3v) is 4.18. The average molecular weight is 300 g/mol. The molecule has 2 aromatic rings. The molecule has 0 bridgehead atoms. The first-order chi connectivity index (χ1) is 7.61. The van der Waals surface area contributed by atoms with Gasteiger partial charge in [0, 0.05) is 10.4 Å². The zero-order chi connectivity index (χ0) is 11.7. The quantitative estimate of drug-likeness (QED) is 0.926. The lowest BCUT2D eigenvalue weighted by atomic mass is 10.0. The lowest BCUT2D eigenvalue weighted by Gasteiger charge is -2.14. The molecule has 2 nitrogen and oxygen atoms in total. The SMILES string of the molecule is CNC(c1coc(C)c1)c1cc(Br)sc1C. The van der Waals surface area contributed by atoms with Gasteiger partial charge in [-0.25, -0.2) is 0 Å². The highest BCUT2D eigenvalue weighted by molar-refractivity contribution is 9.11. The summed E-state index contributed by atoms with van der Waals surface area (Å²) >= 11 is 5.29. The Morgan fingerprint density at radius 3 is 2.56 bits per heavy atom. The van der Waals surface area contributed by atoms with Crippen LogP contribution in [-0.4, -0.2) is 7.05 Å². The van der Waals surface area contributed by atoms with Crippen LogP contribution in [0.15, 0.2) is 26.6 Å². The molecule has 0 amide bonds. The van der Waals surface area contributed by atoms with E-state index in [9.17, 15) is 0 Å². The first-order valence-electron chi connectivity index (χ1n) is 5.10. The van der Waals surface area contributed by atoms with Gasteiger partial charge in [-0.3, -0.25) is 0 Å². The number of nitrogens with one attached hydrogen (secondary N) is 1. The van der Waals surface area contributed by atoms with Crippen LogP contribution in [0.5, 0.6) is 0 Å². The van der Waals surface area contributed by atoms with Gasteiger partial charge in [0.25, 0.3) is 0 Å². The Balaban J connectivity index is 2.40. The maximum atomic E-state index is 5.37. The Labute approximate surface area is 108 Å². The van der Waals surface area contributed by atoms with Crippen molar-refractivity contribution in [1.82, 2.24) is 5.32 Å². The van der Waals surface area contributed by atoms with Crippen LogP contribution in [0.4, 0.5) is 0 Å². The molecule has 0 spiro atoms. The lowest BCUT2D eigenvalue weighted by molar-refractivity contribution is 0.528. The minimum absolute atomic E-state index is 0.208. The number of thiophene rings is 1. The summed E-state index contributed by atoms with van der Waals surface area (Å²) in [5.74, 6) is 0.946. The van der Waals surface area contributed by atoms with Crippen molar-refractivity contribution in [1.29, 1.82) is 0 Å². The van der Waals surface area contributed by atoms with Crippen LogP contribution in [0.1, 0.15) is 27.8 Å². The van der Waals surface area contributed by atoms with Crippen LogP contribution in [0.3, 0.4) is 0 Å². The maximum absolute atomic E-state index is 5.37. The molecule has 1 N–H and O–H groups in total. The molecule has 16 heavy (non-hydrogen) atoms. The minimum atomic E-state index is 0.208. The van der Waals surface area contributed by atoms with Gasteiger partial charge in [-0.15, -0.1) is 11.3 Å². The molecule has 1 atom stereocenters. The number of halogens is 1. The van der Waals surface area contributed by atoms with E-state index in [0.29, 0.717) is 0 Å². The molecular weight excluding hydrogens is 286 g/mol. The molecule has 0 fully saturated rings. The maximum Gasteiger partial charge on any atom is 0.101 e. The van der Waals surface area contributed by atoms with E-state index in [2.05, 4.69) is 40.3 Å². The number of hydrogen-bond acceptors (Lipinski definition) is 3. The Morgan fingerprint density at radius 1 is 1.38 bits per heavy atom. The highest BCUT2D eigenvalue weighted by atomic mass is 79.9. The molecule has 2 rings (SSSR count). The van der Waals surface area contributed by atoms with E-state index < -0.39 is 0 Å². The second-order valence-corrected chi connectivity index (χ2v) is 6.41. The summed E-state index contributed by atoms with van der Waals surface area (Å²) in [7, 11) is 1.97. The normalized spacial score (nSPS) is 13.0. The van der Waals surface area contributed by atoms with Crippen molar-refractivity contribution in [3.63, 3.8) is 0 Å². The molecule has 1 unspecified atom stereocenters. The Morgan fingerprint density at radius 2 is 2.12 bits per heavy atom. The molecule has 2 heterocycles. The van der Waals surface area contributed by atoms with Gasteiger partial charge in [0.15, 0.2) is 0 Å². The number of aryl methyl sites for hydroxylation is 2. The predicted molar refractivity (Wildman–Crippen MR) is 71.1 cm³/mol. The second-order valence-electron chi connectivity index (χ2n) is 3.77. The largest absolute Gasteiger partial charge is 0.469 e. The Bertz CT molecular complexity index is 489. The van der Waals surface area contributed by atoms with E-state index in [1.165, 1.54) is 19.8 Å². The van der Waals surface area contributed by atoms with Crippen LogP contribution >= 0.6 is 27.3 Å². The Hall–Kier alpha value is -0.580. The fraction of sp³-hybridized carbons (Fsp3) is 0.333. The molecule has 2 aromatic heterocycles. The monoisotopic (exact) mass is 299 g/mol. The van der Waals surface area contributed by atoms with Crippen LogP contribution < -0.4 is 5.32 Å². The van der Waals surface area contributed by atoms with Gasteiger partial charge in [0.05, 0.1) is 16.1 Å². The standard InChI is InChI=1S/C12H14BrNOS/c1-7-4-9(6-15-7)12(14-3)10-5-11(13)16-8(10)2/h4-6,12,14H,1-3H3. The summed E-state index contributed by atoms with van der Waals surface area (Å²) < 4.78 is 6.53. The smallest absolute Gasteiger partial charge is 0.101 e. The molecule has 0 radical (unpaired) electrons. The molecular formula is C12H14BrNOS. The zero-order valence-electron chi connectivity index (χ0n) is 9.50. The highest BCUT2D eigenvalue weighted by Crippen LogP contribution is 2.33. The van der Waals surface area contributed by atoms with Gasteiger partial charge >= 0.3 is 0 Å². The Kier molecular flexibility index (Phi) is 3.52. The van der Waals surface area contributed by atoms with E-state index in [0.717, 1.165) is 5.76 Å². The molecule has 0 aliphatic heterocycles. The third-order valence-electron chi connectivity index (χ3n) is 2.61. The summed E-state index contributed by atoms with van der Waals surface area (Å²) in [5, 5.41) is 3.33. The summed E-state index contributed by atoms with van der Waals surface area (Å²) in [6.07, 6.45) is 1.82. The summed E-state index contributed by atoms with van der Waals surface area (Å²) in [6.45, 7) is 4.11. The summed E-state index contributed by atoms with van der Waals surface area (Å²) in [6, 6.07) is 4.45. The third kappa shape index (κ3) is 2.24. The fourth-order valence-electron chi connectivity index (χ4n) is 1.86. The number of furan rings is 1. The van der Waals surface area contributed by atoms with Crippen molar-refractivity contribution in [2.75, 3.05) is 7.05 Å². The summed E-state index contributed by atoms with van der Waals surface area (Å²) in [5.41, 5.74) is 2.48. The predicted octanol–water partition coefficient (Wildman–Crippen LogP) is 4.03. The highest BCUT2D eigenvalue weighted by Gasteiger charge is 2.18. The van der Waals surface area contributed by atoms with Crippen molar-refractivity contribution < 1.29 is 4.42 Å². The van der Waals surface area contributed by atoms with Gasteiger partial charge < -0.3 is 9.73 Å². The van der Waals surface area contributed by atoms with Gasteiger partial charge in [-0.1, -0.05) is 0 Å². The van der Waals surface area contributed by atoms with Crippen LogP contribution in [-0.2, 0) is 0 Å². The molecule has 0 aliphatic rings. The van der Waals surface area contributed by atoms with Crippen LogP contribution in [0, 0.1) is 13.8 Å². The first kappa shape index (κ1) is 11.9. The zero-order valence-corrected chi connectivity index (χ0v) is 11.9. The number of hydrogen-bond donors (Lipinski definition) is 1. The second kappa shape index (κ2) is 4.73. The minimum Gasteiger partial charge on any atom is -0.469 e. The lowest BCUT2D eigenvalue weighted by Crippen LogP contribution is -2.17. The summed E-state index contributed by atoms with van der Waals surface area (Å²) in [4.78, 5) is 1.32. The fourth-order valence-corrected chi connectivity index (χ4v) is 3.61. The van der Waals surface area contributed by atoms with Gasteiger partial charge in [0.2, 0.25) is 0 Å². The molecule has 0 saturated heterocycles. The average Bonchev–Trinajstić information content (AvgIpc) is 2.76. The topological polar surface area (TPSA) is 25.2 Å². The molecule has 0 aliphatic carbocycles. The van der Waals surface area contributed by atoms with E-state index in [1.807, 2.05) is 20.2 Å². The van der Waals surface area contributed by atoms with E-state index in [1.54, 1.807) is 11.3 Å². The van der Waals surface area contributed by atoms with Crippen molar-refractivity contribution in [2.45, 2.75) is 19.9 Å². The van der Waals surface area contributed by atoms with Crippen molar-refractivity contribution >= 4 is 27.3 Å². The van der Waals surface area contributed by atoms with Crippen molar-refractivity contribution in [3.8, 4) is 0 Å². The van der Waals surface area contributed by atoms with Crippen LogP contribution in [0.25, 0.3) is 0 Å². The molecule has 0 saturated carbocycles. The molecule has 4 heteroatoms. The van der Waals surface area contributed by atoms with Gasteiger partial charge in [0.1, 0.15) is 5.76 Å². The van der Waals surface area contributed by atoms with E-state index in [4.69, 9.17) is 4.42 Å².